The molecule has 4 aromatic rings. The van der Waals surface area contributed by atoms with Crippen molar-refractivity contribution >= 4 is 10.8 Å². The molecule has 0 amide bonds. The molecule has 0 fully saturated rings. The number of rotatable bonds is 3. The number of nitrogens with zero attached hydrogens (tertiary/aromatic N) is 1. The van der Waals surface area contributed by atoms with Crippen molar-refractivity contribution in [2.24, 2.45) is 11.3 Å². The SMILES string of the molecule is CC(C)Cc1ccc2c(c1)-c1ccccc1-c1cc(CC(C)(C)C)cc3ccnc-2c13. The zero-order chi connectivity index (χ0) is 21.8. The van der Waals surface area contributed by atoms with Crippen LogP contribution < -0.4 is 0 Å². The van der Waals surface area contributed by atoms with Gasteiger partial charge >= 0.3 is 0 Å². The maximum Gasteiger partial charge on any atom is 0.0792 e. The molecule has 0 radical (unpaired) electrons. The second-order valence-corrected chi connectivity index (χ2v) is 10.7. The number of pyridine rings is 1. The average molecular weight is 406 g/mol. The van der Waals surface area contributed by atoms with Crippen molar-refractivity contribution in [1.82, 2.24) is 4.98 Å². The highest BCUT2D eigenvalue weighted by atomic mass is 14.7. The third kappa shape index (κ3) is 3.67. The van der Waals surface area contributed by atoms with Gasteiger partial charge in [0.1, 0.15) is 0 Å². The van der Waals surface area contributed by atoms with Crippen LogP contribution in [0.3, 0.4) is 0 Å². The Labute approximate surface area is 186 Å². The minimum absolute atomic E-state index is 0.245. The largest absolute Gasteiger partial charge is 0.256 e. The number of hydrogen-bond acceptors (Lipinski definition) is 1. The van der Waals surface area contributed by atoms with Crippen molar-refractivity contribution in [3.63, 3.8) is 0 Å². The van der Waals surface area contributed by atoms with E-state index in [1.807, 2.05) is 6.20 Å². The predicted molar refractivity (Wildman–Crippen MR) is 133 cm³/mol. The molecule has 0 N–H and O–H groups in total. The molecule has 0 bridgehead atoms. The standard InChI is InChI=1S/C30H31N/c1-19(2)14-20-10-11-25-26(16-20)23-8-6-7-9-24(23)27-17-21(18-30(3,4)5)15-22-12-13-31-29(25)28(22)27/h6-13,15-17,19H,14,18H2,1-5H3. The summed E-state index contributed by atoms with van der Waals surface area (Å²) in [5, 5.41) is 2.57. The van der Waals surface area contributed by atoms with Gasteiger partial charge in [-0.05, 0) is 69.0 Å². The van der Waals surface area contributed by atoms with Crippen molar-refractivity contribution < 1.29 is 0 Å². The van der Waals surface area contributed by atoms with E-state index in [4.69, 9.17) is 4.98 Å². The molecule has 156 valence electrons. The molecule has 1 nitrogen and oxygen atoms in total. The van der Waals surface area contributed by atoms with E-state index in [9.17, 15) is 0 Å². The third-order valence-corrected chi connectivity index (χ3v) is 6.15. The van der Waals surface area contributed by atoms with Gasteiger partial charge in [0.2, 0.25) is 0 Å². The molecule has 0 saturated carbocycles. The van der Waals surface area contributed by atoms with E-state index in [0.717, 1.165) is 18.5 Å². The molecular weight excluding hydrogens is 374 g/mol. The maximum absolute atomic E-state index is 4.92. The first-order valence-electron chi connectivity index (χ1n) is 11.4. The van der Waals surface area contributed by atoms with Gasteiger partial charge < -0.3 is 0 Å². The number of benzene rings is 3. The van der Waals surface area contributed by atoms with Crippen LogP contribution in [0.1, 0.15) is 45.7 Å². The summed E-state index contributed by atoms with van der Waals surface area (Å²) >= 11 is 0. The Balaban J connectivity index is 1.85. The summed E-state index contributed by atoms with van der Waals surface area (Å²) in [7, 11) is 0. The normalized spacial score (nSPS) is 12.6. The Kier molecular flexibility index (Phi) is 4.73. The lowest BCUT2D eigenvalue weighted by Crippen LogP contribution is -2.09. The second kappa shape index (κ2) is 7.34. The topological polar surface area (TPSA) is 12.9 Å². The van der Waals surface area contributed by atoms with Gasteiger partial charge in [-0.15, -0.1) is 0 Å². The first-order chi connectivity index (χ1) is 14.8. The molecule has 1 heterocycles. The molecule has 0 unspecified atom stereocenters. The summed E-state index contributed by atoms with van der Waals surface area (Å²) in [4.78, 5) is 4.92. The second-order valence-electron chi connectivity index (χ2n) is 10.7. The molecule has 1 heteroatoms. The van der Waals surface area contributed by atoms with Gasteiger partial charge in [-0.3, -0.25) is 4.98 Å². The Bertz CT molecular complexity index is 1290. The molecule has 1 aromatic heterocycles. The van der Waals surface area contributed by atoms with Crippen molar-refractivity contribution in [3.05, 3.63) is 78.0 Å². The highest BCUT2D eigenvalue weighted by molar-refractivity contribution is 6.12. The minimum atomic E-state index is 0.245. The molecular formula is C30H31N. The van der Waals surface area contributed by atoms with Crippen LogP contribution in [0.5, 0.6) is 0 Å². The predicted octanol–water partition coefficient (Wildman–Crippen LogP) is 8.34. The Hall–Kier alpha value is -2.93. The third-order valence-electron chi connectivity index (χ3n) is 6.15. The van der Waals surface area contributed by atoms with Crippen molar-refractivity contribution in [2.75, 3.05) is 0 Å². The van der Waals surface area contributed by atoms with E-state index >= 15 is 0 Å². The fourth-order valence-electron chi connectivity index (χ4n) is 5.08. The summed E-state index contributed by atoms with van der Waals surface area (Å²) in [5.74, 6) is 0.637. The summed E-state index contributed by atoms with van der Waals surface area (Å²) < 4.78 is 0. The molecule has 0 atom stereocenters. The highest BCUT2D eigenvalue weighted by Gasteiger charge is 2.24. The zero-order valence-electron chi connectivity index (χ0n) is 19.3. The lowest BCUT2D eigenvalue weighted by molar-refractivity contribution is 0.411. The van der Waals surface area contributed by atoms with E-state index in [2.05, 4.69) is 95.3 Å². The lowest BCUT2D eigenvalue weighted by atomic mass is 9.85. The van der Waals surface area contributed by atoms with Gasteiger partial charge in [0.25, 0.3) is 0 Å². The molecule has 1 aliphatic carbocycles. The van der Waals surface area contributed by atoms with E-state index in [0.29, 0.717) is 5.92 Å². The molecule has 0 aliphatic heterocycles. The lowest BCUT2D eigenvalue weighted by Gasteiger charge is -2.20. The van der Waals surface area contributed by atoms with E-state index in [-0.39, 0.29) is 5.41 Å². The highest BCUT2D eigenvalue weighted by Crippen LogP contribution is 2.47. The molecule has 5 rings (SSSR count). The molecule has 0 saturated heterocycles. The summed E-state index contributed by atoms with van der Waals surface area (Å²) in [5.41, 5.74) is 10.6. The van der Waals surface area contributed by atoms with E-state index in [1.165, 1.54) is 49.7 Å². The molecule has 3 aromatic carbocycles. The maximum atomic E-state index is 4.92. The van der Waals surface area contributed by atoms with Crippen molar-refractivity contribution in [3.8, 4) is 33.5 Å². The molecule has 31 heavy (non-hydrogen) atoms. The molecule has 1 aliphatic rings. The summed E-state index contributed by atoms with van der Waals surface area (Å²) in [6.07, 6.45) is 4.13. The quantitative estimate of drug-likeness (QED) is 0.294. The van der Waals surface area contributed by atoms with Crippen LogP contribution in [-0.2, 0) is 12.8 Å². The van der Waals surface area contributed by atoms with E-state index < -0.39 is 0 Å². The van der Waals surface area contributed by atoms with Gasteiger partial charge in [0.05, 0.1) is 5.69 Å². The Morgan fingerprint density at radius 2 is 1.45 bits per heavy atom. The van der Waals surface area contributed by atoms with Crippen molar-refractivity contribution in [2.45, 2.75) is 47.5 Å². The van der Waals surface area contributed by atoms with E-state index in [1.54, 1.807) is 0 Å². The zero-order valence-corrected chi connectivity index (χ0v) is 19.3. The number of hydrogen-bond donors (Lipinski definition) is 0. The van der Waals surface area contributed by atoms with Crippen LogP contribution >= 0.6 is 0 Å². The smallest absolute Gasteiger partial charge is 0.0792 e. The van der Waals surface area contributed by atoms with Crippen molar-refractivity contribution in [1.29, 1.82) is 0 Å². The number of aromatic nitrogens is 1. The van der Waals surface area contributed by atoms with Crippen LogP contribution in [0.15, 0.2) is 66.9 Å². The van der Waals surface area contributed by atoms with Gasteiger partial charge in [-0.25, -0.2) is 0 Å². The molecule has 0 spiro atoms. The van der Waals surface area contributed by atoms with Gasteiger partial charge in [-0.1, -0.05) is 89.2 Å². The fraction of sp³-hybridized carbons (Fsp3) is 0.300. The van der Waals surface area contributed by atoms with Gasteiger partial charge in [0.15, 0.2) is 0 Å². The summed E-state index contributed by atoms with van der Waals surface area (Å²) in [6, 6.07) is 22.8. The van der Waals surface area contributed by atoms with Crippen LogP contribution in [0, 0.1) is 11.3 Å². The first-order valence-corrected chi connectivity index (χ1v) is 11.4. The van der Waals surface area contributed by atoms with Gasteiger partial charge in [-0.2, -0.15) is 0 Å². The fourth-order valence-corrected chi connectivity index (χ4v) is 5.08. The van der Waals surface area contributed by atoms with Crippen LogP contribution in [-0.4, -0.2) is 4.98 Å². The Morgan fingerprint density at radius 3 is 2.16 bits per heavy atom. The summed E-state index contributed by atoms with van der Waals surface area (Å²) in [6.45, 7) is 11.5. The van der Waals surface area contributed by atoms with Crippen LogP contribution in [0.25, 0.3) is 44.3 Å². The van der Waals surface area contributed by atoms with Crippen LogP contribution in [0.4, 0.5) is 0 Å². The van der Waals surface area contributed by atoms with Crippen LogP contribution in [0.2, 0.25) is 0 Å². The average Bonchev–Trinajstić information content (AvgIpc) is 2.81. The first kappa shape index (κ1) is 20.0. The Morgan fingerprint density at radius 1 is 0.742 bits per heavy atom. The number of fused-ring (bicyclic) bond motifs is 5. The monoisotopic (exact) mass is 405 g/mol. The van der Waals surface area contributed by atoms with Gasteiger partial charge in [0, 0.05) is 17.1 Å². The minimum Gasteiger partial charge on any atom is -0.256 e.